The van der Waals surface area contributed by atoms with Crippen molar-refractivity contribution in [3.05, 3.63) is 28.2 Å². The van der Waals surface area contributed by atoms with Gasteiger partial charge < -0.3 is 15.2 Å². The van der Waals surface area contributed by atoms with Gasteiger partial charge in [-0.15, -0.1) is 0 Å². The summed E-state index contributed by atoms with van der Waals surface area (Å²) < 4.78 is 6.13. The summed E-state index contributed by atoms with van der Waals surface area (Å²) in [7, 11) is 1.63. The highest BCUT2D eigenvalue weighted by molar-refractivity contribution is 9.10. The number of halogens is 1. The molecular weight excluding hydrogens is 298 g/mol. The fourth-order valence-corrected chi connectivity index (χ4v) is 2.36. The molecular formula is C13H18BrNO3. The number of methoxy groups -OCH3 is 1. The van der Waals surface area contributed by atoms with Crippen molar-refractivity contribution in [2.75, 3.05) is 13.7 Å². The third kappa shape index (κ3) is 4.66. The molecule has 1 rings (SSSR count). The molecule has 2 N–H and O–H groups in total. The molecule has 1 unspecified atom stereocenters. The van der Waals surface area contributed by atoms with Crippen molar-refractivity contribution in [2.45, 2.75) is 25.8 Å². The lowest BCUT2D eigenvalue weighted by molar-refractivity contribution is -0.137. The molecule has 0 aliphatic carbocycles. The van der Waals surface area contributed by atoms with Crippen LogP contribution in [0.15, 0.2) is 22.7 Å². The van der Waals surface area contributed by atoms with Crippen LogP contribution in [-0.4, -0.2) is 24.7 Å². The minimum absolute atomic E-state index is 0.166. The molecule has 0 saturated carbocycles. The molecule has 0 spiro atoms. The van der Waals surface area contributed by atoms with E-state index in [-0.39, 0.29) is 12.5 Å². The Hall–Kier alpha value is -1.07. The van der Waals surface area contributed by atoms with E-state index >= 15 is 0 Å². The van der Waals surface area contributed by atoms with Gasteiger partial charge in [-0.25, -0.2) is 0 Å². The van der Waals surface area contributed by atoms with Crippen molar-refractivity contribution in [3.63, 3.8) is 0 Å². The molecule has 0 aromatic heterocycles. The average molecular weight is 316 g/mol. The molecule has 4 nitrogen and oxygen atoms in total. The van der Waals surface area contributed by atoms with E-state index in [0.717, 1.165) is 15.8 Å². The number of hydrogen-bond donors (Lipinski definition) is 2. The molecule has 18 heavy (non-hydrogen) atoms. The van der Waals surface area contributed by atoms with Gasteiger partial charge in [0.25, 0.3) is 0 Å². The fraction of sp³-hybridized carbons (Fsp3) is 0.462. The Balaban J connectivity index is 2.50. The van der Waals surface area contributed by atoms with Gasteiger partial charge in [0.1, 0.15) is 5.75 Å². The van der Waals surface area contributed by atoms with Crippen LogP contribution in [0.4, 0.5) is 0 Å². The van der Waals surface area contributed by atoms with Crippen molar-refractivity contribution in [3.8, 4) is 5.75 Å². The number of carbonyl (C=O) groups is 1. The molecule has 0 aliphatic rings. The summed E-state index contributed by atoms with van der Waals surface area (Å²) in [4.78, 5) is 10.4. The molecule has 0 fully saturated rings. The first-order valence-corrected chi connectivity index (χ1v) is 6.62. The molecule has 100 valence electrons. The van der Waals surface area contributed by atoms with Crippen LogP contribution in [0.2, 0.25) is 0 Å². The van der Waals surface area contributed by atoms with Gasteiger partial charge in [-0.3, -0.25) is 4.79 Å². The molecule has 0 aliphatic heterocycles. The van der Waals surface area contributed by atoms with Crippen molar-refractivity contribution in [1.29, 1.82) is 0 Å². The number of carboxylic acid groups (broad SMARTS) is 1. The van der Waals surface area contributed by atoms with Crippen LogP contribution in [0.25, 0.3) is 0 Å². The van der Waals surface area contributed by atoms with E-state index < -0.39 is 5.97 Å². The van der Waals surface area contributed by atoms with Gasteiger partial charge >= 0.3 is 5.97 Å². The van der Waals surface area contributed by atoms with E-state index in [2.05, 4.69) is 21.2 Å². The normalized spacial score (nSPS) is 12.2. The predicted octanol–water partition coefficient (Wildman–Crippen LogP) is 2.97. The highest BCUT2D eigenvalue weighted by Gasteiger charge is 2.09. The Morgan fingerprint density at radius 2 is 2.28 bits per heavy atom. The van der Waals surface area contributed by atoms with Crippen LogP contribution < -0.4 is 10.1 Å². The smallest absolute Gasteiger partial charge is 0.303 e. The second-order valence-electron chi connectivity index (χ2n) is 4.06. The lowest BCUT2D eigenvalue weighted by atomic mass is 10.1. The molecule has 0 radical (unpaired) electrons. The molecule has 5 heteroatoms. The lowest BCUT2D eigenvalue weighted by Gasteiger charge is -2.16. The second-order valence-corrected chi connectivity index (χ2v) is 4.91. The van der Waals surface area contributed by atoms with Gasteiger partial charge in [-0.05, 0) is 37.6 Å². The number of nitrogens with one attached hydrogen (secondary N) is 1. The van der Waals surface area contributed by atoms with Crippen LogP contribution in [-0.2, 0) is 4.79 Å². The van der Waals surface area contributed by atoms with Gasteiger partial charge in [0.05, 0.1) is 7.11 Å². The van der Waals surface area contributed by atoms with E-state index in [9.17, 15) is 4.79 Å². The number of carboxylic acids is 1. The minimum atomic E-state index is -0.755. The summed E-state index contributed by atoms with van der Waals surface area (Å²) in [6.45, 7) is 2.74. The molecule has 1 aromatic rings. The molecule has 0 amide bonds. The maximum atomic E-state index is 10.4. The third-order valence-electron chi connectivity index (χ3n) is 2.69. The number of aliphatic carboxylic acids is 1. The van der Waals surface area contributed by atoms with Crippen molar-refractivity contribution < 1.29 is 14.6 Å². The first-order chi connectivity index (χ1) is 8.54. The van der Waals surface area contributed by atoms with Gasteiger partial charge in [-0.2, -0.15) is 0 Å². The Bertz CT molecular complexity index is 409. The summed E-state index contributed by atoms with van der Waals surface area (Å²) in [5.41, 5.74) is 1.13. The van der Waals surface area contributed by atoms with Gasteiger partial charge in [0.15, 0.2) is 0 Å². The van der Waals surface area contributed by atoms with Gasteiger partial charge in [0, 0.05) is 16.9 Å². The summed E-state index contributed by atoms with van der Waals surface area (Å²) in [6.07, 6.45) is 0.830. The number of benzene rings is 1. The monoisotopic (exact) mass is 315 g/mol. The minimum Gasteiger partial charge on any atom is -0.497 e. The van der Waals surface area contributed by atoms with Crippen LogP contribution in [0, 0.1) is 0 Å². The largest absolute Gasteiger partial charge is 0.497 e. The van der Waals surface area contributed by atoms with E-state index in [1.807, 2.05) is 25.1 Å². The average Bonchev–Trinajstić information content (AvgIpc) is 2.33. The lowest BCUT2D eigenvalue weighted by Crippen LogP contribution is -2.20. The quantitative estimate of drug-likeness (QED) is 0.759. The van der Waals surface area contributed by atoms with Crippen LogP contribution >= 0.6 is 15.9 Å². The van der Waals surface area contributed by atoms with Crippen molar-refractivity contribution in [2.24, 2.45) is 0 Å². The summed E-state index contributed by atoms with van der Waals surface area (Å²) in [5, 5.41) is 11.8. The van der Waals surface area contributed by atoms with Crippen molar-refractivity contribution >= 4 is 21.9 Å². The van der Waals surface area contributed by atoms with E-state index in [4.69, 9.17) is 9.84 Å². The third-order valence-corrected chi connectivity index (χ3v) is 3.38. The topological polar surface area (TPSA) is 58.6 Å². The number of hydrogen-bond acceptors (Lipinski definition) is 3. The van der Waals surface area contributed by atoms with E-state index in [0.29, 0.717) is 13.0 Å². The SMILES string of the molecule is COc1ccc(C(C)NCCCC(=O)O)c(Br)c1. The molecule has 0 saturated heterocycles. The van der Waals surface area contributed by atoms with Gasteiger partial charge in [0.2, 0.25) is 0 Å². The Labute approximate surface area is 115 Å². The van der Waals surface area contributed by atoms with E-state index in [1.165, 1.54) is 0 Å². The standard InChI is InChI=1S/C13H18BrNO3/c1-9(15-7-3-4-13(16)17)11-6-5-10(18-2)8-12(11)14/h5-6,8-9,15H,3-4,7H2,1-2H3,(H,16,17). The number of rotatable bonds is 7. The Morgan fingerprint density at radius 3 is 2.83 bits per heavy atom. The molecule has 1 atom stereocenters. The second kappa shape index (κ2) is 7.38. The summed E-state index contributed by atoms with van der Waals surface area (Å²) in [6, 6.07) is 6.00. The van der Waals surface area contributed by atoms with E-state index in [1.54, 1.807) is 7.11 Å². The zero-order valence-corrected chi connectivity index (χ0v) is 12.2. The maximum absolute atomic E-state index is 10.4. The highest BCUT2D eigenvalue weighted by Crippen LogP contribution is 2.27. The predicted molar refractivity (Wildman–Crippen MR) is 74.0 cm³/mol. The highest BCUT2D eigenvalue weighted by atomic mass is 79.9. The first kappa shape index (κ1) is 15.0. The first-order valence-electron chi connectivity index (χ1n) is 5.83. The van der Waals surface area contributed by atoms with Gasteiger partial charge in [-0.1, -0.05) is 22.0 Å². The number of ether oxygens (including phenoxy) is 1. The Morgan fingerprint density at radius 1 is 1.56 bits per heavy atom. The molecule has 0 bridgehead atoms. The zero-order valence-electron chi connectivity index (χ0n) is 10.6. The Kier molecular flexibility index (Phi) is 6.15. The zero-order chi connectivity index (χ0) is 13.5. The van der Waals surface area contributed by atoms with Crippen molar-refractivity contribution in [1.82, 2.24) is 5.32 Å². The maximum Gasteiger partial charge on any atom is 0.303 e. The fourth-order valence-electron chi connectivity index (χ4n) is 1.65. The van der Waals surface area contributed by atoms with Crippen LogP contribution in [0.3, 0.4) is 0 Å². The summed E-state index contributed by atoms with van der Waals surface area (Å²) >= 11 is 3.51. The van der Waals surface area contributed by atoms with Crippen LogP contribution in [0.5, 0.6) is 5.75 Å². The molecule has 0 heterocycles. The summed E-state index contributed by atoms with van der Waals surface area (Å²) in [5.74, 6) is 0.0544. The van der Waals surface area contributed by atoms with Crippen LogP contribution in [0.1, 0.15) is 31.4 Å². The molecule has 1 aromatic carbocycles.